The van der Waals surface area contributed by atoms with Crippen LogP contribution in [0.5, 0.6) is 0 Å². The summed E-state index contributed by atoms with van der Waals surface area (Å²) in [4.78, 5) is 21.9. The molecule has 0 aromatic carbocycles. The molecule has 19 heavy (non-hydrogen) atoms. The van der Waals surface area contributed by atoms with Crippen LogP contribution in [-0.4, -0.2) is 45.3 Å². The van der Waals surface area contributed by atoms with Crippen molar-refractivity contribution in [3.05, 3.63) is 24.3 Å². The molecule has 0 aliphatic heterocycles. The zero-order valence-electron chi connectivity index (χ0n) is 11.1. The number of hydrogen-bond acceptors (Lipinski definition) is 3. The second kappa shape index (κ2) is 6.02. The van der Waals surface area contributed by atoms with Crippen LogP contribution in [0.15, 0.2) is 18.5 Å². The first-order valence-corrected chi connectivity index (χ1v) is 6.72. The fourth-order valence-electron chi connectivity index (χ4n) is 1.99. The van der Waals surface area contributed by atoms with E-state index < -0.39 is 0 Å². The van der Waals surface area contributed by atoms with Crippen molar-refractivity contribution in [1.29, 1.82) is 0 Å². The van der Waals surface area contributed by atoms with Crippen molar-refractivity contribution < 1.29 is 4.79 Å². The molecule has 0 aliphatic carbocycles. The number of imidazole rings is 1. The van der Waals surface area contributed by atoms with E-state index in [1.807, 2.05) is 6.07 Å². The summed E-state index contributed by atoms with van der Waals surface area (Å²) < 4.78 is 2.06. The summed E-state index contributed by atoms with van der Waals surface area (Å²) in [6, 6.07) is 1.92. The number of amides is 1. The molecule has 0 atom stereocenters. The third-order valence-electron chi connectivity index (χ3n) is 3.00. The molecule has 5 nitrogen and oxygen atoms in total. The fraction of sp³-hybridized carbons (Fsp3) is 0.462. The topological polar surface area (TPSA) is 51.0 Å². The molecule has 2 aromatic rings. The lowest BCUT2D eigenvalue weighted by Crippen LogP contribution is -2.23. The Hall–Kier alpha value is -1.62. The van der Waals surface area contributed by atoms with E-state index in [2.05, 4.69) is 14.5 Å². The summed E-state index contributed by atoms with van der Waals surface area (Å²) in [6.07, 6.45) is 4.61. The first kappa shape index (κ1) is 13.8. The van der Waals surface area contributed by atoms with Crippen molar-refractivity contribution in [2.24, 2.45) is 0 Å². The number of nitrogens with zero attached hydrogens (tertiary/aromatic N) is 4. The van der Waals surface area contributed by atoms with E-state index in [1.165, 1.54) is 0 Å². The smallest absolute Gasteiger partial charge is 0.223 e. The number of alkyl halides is 1. The SMILES string of the molecule is CN(C)C(=O)CCn1c(CCCl)nc2cnccc21. The van der Waals surface area contributed by atoms with E-state index in [1.54, 1.807) is 31.4 Å². The van der Waals surface area contributed by atoms with Gasteiger partial charge in [0.25, 0.3) is 0 Å². The van der Waals surface area contributed by atoms with Gasteiger partial charge in [-0.1, -0.05) is 0 Å². The van der Waals surface area contributed by atoms with E-state index in [0.29, 0.717) is 25.3 Å². The molecular formula is C13H17ClN4O. The van der Waals surface area contributed by atoms with E-state index in [-0.39, 0.29) is 5.91 Å². The number of fused-ring (bicyclic) bond motifs is 1. The van der Waals surface area contributed by atoms with Gasteiger partial charge in [-0.15, -0.1) is 11.6 Å². The Kier molecular flexibility index (Phi) is 4.37. The van der Waals surface area contributed by atoms with Gasteiger partial charge in [0.15, 0.2) is 0 Å². The maximum absolute atomic E-state index is 11.7. The molecule has 1 amide bonds. The largest absolute Gasteiger partial charge is 0.349 e. The van der Waals surface area contributed by atoms with Gasteiger partial charge >= 0.3 is 0 Å². The van der Waals surface area contributed by atoms with E-state index in [9.17, 15) is 4.79 Å². The van der Waals surface area contributed by atoms with Crippen LogP contribution in [-0.2, 0) is 17.8 Å². The summed E-state index contributed by atoms with van der Waals surface area (Å²) in [6.45, 7) is 0.615. The summed E-state index contributed by atoms with van der Waals surface area (Å²) in [5.41, 5.74) is 1.85. The fourth-order valence-corrected chi connectivity index (χ4v) is 2.16. The second-order valence-corrected chi connectivity index (χ2v) is 4.90. The lowest BCUT2D eigenvalue weighted by Gasteiger charge is -2.12. The minimum atomic E-state index is 0.104. The Bertz CT molecular complexity index is 579. The van der Waals surface area contributed by atoms with Gasteiger partial charge in [0.2, 0.25) is 5.91 Å². The molecule has 0 radical (unpaired) electrons. The molecule has 2 heterocycles. The maximum Gasteiger partial charge on any atom is 0.223 e. The lowest BCUT2D eigenvalue weighted by molar-refractivity contribution is -0.128. The van der Waals surface area contributed by atoms with Crippen molar-refractivity contribution in [2.45, 2.75) is 19.4 Å². The van der Waals surface area contributed by atoms with Crippen LogP contribution in [0.4, 0.5) is 0 Å². The first-order chi connectivity index (χ1) is 9.13. The van der Waals surface area contributed by atoms with Crippen molar-refractivity contribution in [3.8, 4) is 0 Å². The predicted molar refractivity (Wildman–Crippen MR) is 75.3 cm³/mol. The number of rotatable bonds is 5. The molecule has 0 aliphatic rings. The highest BCUT2D eigenvalue weighted by atomic mass is 35.5. The molecule has 6 heteroatoms. The van der Waals surface area contributed by atoms with Crippen LogP contribution in [0.2, 0.25) is 0 Å². The highest BCUT2D eigenvalue weighted by molar-refractivity contribution is 6.17. The van der Waals surface area contributed by atoms with Gasteiger partial charge in [-0.2, -0.15) is 0 Å². The highest BCUT2D eigenvalue weighted by Gasteiger charge is 2.12. The maximum atomic E-state index is 11.7. The van der Waals surface area contributed by atoms with Crippen LogP contribution in [0.1, 0.15) is 12.2 Å². The zero-order chi connectivity index (χ0) is 13.8. The van der Waals surface area contributed by atoms with Gasteiger partial charge < -0.3 is 9.47 Å². The third kappa shape index (κ3) is 3.04. The molecule has 0 saturated heterocycles. The van der Waals surface area contributed by atoms with Crippen molar-refractivity contribution in [3.63, 3.8) is 0 Å². The number of halogens is 1. The predicted octanol–water partition coefficient (Wildman–Crippen LogP) is 1.69. The van der Waals surface area contributed by atoms with E-state index >= 15 is 0 Å². The van der Waals surface area contributed by atoms with Crippen LogP contribution in [0, 0.1) is 0 Å². The normalized spacial score (nSPS) is 10.9. The average Bonchev–Trinajstić information content (AvgIpc) is 2.74. The van der Waals surface area contributed by atoms with Crippen molar-refractivity contribution in [1.82, 2.24) is 19.4 Å². The van der Waals surface area contributed by atoms with Gasteiger partial charge in [-0.05, 0) is 6.07 Å². The van der Waals surface area contributed by atoms with Crippen molar-refractivity contribution >= 4 is 28.5 Å². The summed E-state index contributed by atoms with van der Waals surface area (Å²) in [7, 11) is 3.52. The van der Waals surface area contributed by atoms with Gasteiger partial charge in [-0.3, -0.25) is 9.78 Å². The molecule has 0 spiro atoms. The lowest BCUT2D eigenvalue weighted by atomic mass is 10.3. The second-order valence-electron chi connectivity index (χ2n) is 4.52. The monoisotopic (exact) mass is 280 g/mol. The molecule has 2 aromatic heterocycles. The Morgan fingerprint density at radius 1 is 1.47 bits per heavy atom. The molecular weight excluding hydrogens is 264 g/mol. The number of carbonyl (C=O) groups excluding carboxylic acids is 1. The van der Waals surface area contributed by atoms with Gasteiger partial charge in [0.05, 0.1) is 11.7 Å². The highest BCUT2D eigenvalue weighted by Crippen LogP contribution is 2.16. The Morgan fingerprint density at radius 2 is 2.26 bits per heavy atom. The Labute approximate surface area is 117 Å². The van der Waals surface area contributed by atoms with Crippen LogP contribution >= 0.6 is 11.6 Å². The van der Waals surface area contributed by atoms with Gasteiger partial charge in [-0.25, -0.2) is 4.98 Å². The first-order valence-electron chi connectivity index (χ1n) is 6.18. The molecule has 2 rings (SSSR count). The third-order valence-corrected chi connectivity index (χ3v) is 3.18. The Morgan fingerprint density at radius 3 is 2.95 bits per heavy atom. The standard InChI is InChI=1S/C13H17ClN4O/c1-17(2)13(19)5-8-18-11-4-7-15-9-10(11)16-12(18)3-6-14/h4,7,9H,3,5-6,8H2,1-2H3. The molecule has 0 bridgehead atoms. The minimum absolute atomic E-state index is 0.104. The van der Waals surface area contributed by atoms with Crippen LogP contribution in [0.25, 0.3) is 11.0 Å². The quantitative estimate of drug-likeness (QED) is 0.783. The zero-order valence-corrected chi connectivity index (χ0v) is 11.9. The van der Waals surface area contributed by atoms with Gasteiger partial charge in [0.1, 0.15) is 11.3 Å². The van der Waals surface area contributed by atoms with Crippen LogP contribution in [0.3, 0.4) is 0 Å². The number of carbonyl (C=O) groups is 1. The number of aryl methyl sites for hydroxylation is 2. The molecule has 0 fully saturated rings. The summed E-state index contributed by atoms with van der Waals surface area (Å²) in [5, 5.41) is 0. The van der Waals surface area contributed by atoms with E-state index in [0.717, 1.165) is 16.9 Å². The van der Waals surface area contributed by atoms with E-state index in [4.69, 9.17) is 11.6 Å². The molecule has 102 valence electrons. The number of aromatic nitrogens is 3. The summed E-state index contributed by atoms with van der Waals surface area (Å²) >= 11 is 5.80. The minimum Gasteiger partial charge on any atom is -0.349 e. The average molecular weight is 281 g/mol. The number of hydrogen-bond donors (Lipinski definition) is 0. The van der Waals surface area contributed by atoms with Gasteiger partial charge in [0, 0.05) is 45.6 Å². The molecule has 0 unspecified atom stereocenters. The molecule has 0 N–H and O–H groups in total. The Balaban J connectivity index is 2.28. The summed E-state index contributed by atoms with van der Waals surface area (Å²) in [5.74, 6) is 1.52. The molecule has 0 saturated carbocycles. The van der Waals surface area contributed by atoms with Crippen molar-refractivity contribution in [2.75, 3.05) is 20.0 Å². The van der Waals surface area contributed by atoms with Crippen LogP contribution < -0.4 is 0 Å². The number of pyridine rings is 1.